The summed E-state index contributed by atoms with van der Waals surface area (Å²) in [5, 5.41) is 9.01. The third-order valence-corrected chi connectivity index (χ3v) is 10.9. The van der Waals surface area contributed by atoms with Gasteiger partial charge in [-0.25, -0.2) is 4.98 Å². The van der Waals surface area contributed by atoms with Gasteiger partial charge in [0.25, 0.3) is 23.3 Å². The van der Waals surface area contributed by atoms with E-state index in [-0.39, 0.29) is 53.8 Å². The van der Waals surface area contributed by atoms with E-state index in [0.717, 1.165) is 30.2 Å². The lowest BCUT2D eigenvalue weighted by Gasteiger charge is -2.48. The number of piperazine rings is 2. The number of amides is 5. The second-order valence-corrected chi connectivity index (χ2v) is 14.3. The number of aryl methyl sites for hydroxylation is 1. The average molecular weight is 769 g/mol. The summed E-state index contributed by atoms with van der Waals surface area (Å²) in [6, 6.07) is 11.3. The number of rotatable bonds is 8. The molecule has 3 N–H and O–H groups in total. The van der Waals surface area contributed by atoms with Gasteiger partial charge < -0.3 is 29.7 Å². The van der Waals surface area contributed by atoms with Crippen molar-refractivity contribution in [1.29, 1.82) is 0 Å². The lowest BCUT2D eigenvalue weighted by molar-refractivity contribution is -0.136. The zero-order valence-corrected chi connectivity index (χ0v) is 30.8. The monoisotopic (exact) mass is 768 g/mol. The molecule has 6 heterocycles. The van der Waals surface area contributed by atoms with Crippen molar-refractivity contribution in [1.82, 2.24) is 35.0 Å². The van der Waals surface area contributed by atoms with E-state index in [1.807, 2.05) is 18.2 Å². The molecule has 4 aromatic rings. The minimum absolute atomic E-state index is 0.0507. The molecule has 0 bridgehead atoms. The molecule has 0 spiro atoms. The topological polar surface area (TPSA) is 191 Å². The quantitative estimate of drug-likeness (QED) is 0.218. The number of benzene rings is 2. The van der Waals surface area contributed by atoms with Crippen LogP contribution in [-0.2, 0) is 21.4 Å². The number of anilines is 4. The zero-order chi connectivity index (χ0) is 38.5. The van der Waals surface area contributed by atoms with E-state index >= 15 is 0 Å². The summed E-state index contributed by atoms with van der Waals surface area (Å²) in [4.78, 5) is 92.4. The average Bonchev–Trinajstić information content (AvgIpc) is 3.43. The Kier molecular flexibility index (Phi) is 9.34. The summed E-state index contributed by atoms with van der Waals surface area (Å²) >= 11 is 6.58. The molecule has 284 valence electrons. The van der Waals surface area contributed by atoms with E-state index < -0.39 is 29.7 Å². The number of pyridine rings is 1. The normalized spacial score (nSPS) is 20.0. The first kappa shape index (κ1) is 35.9. The van der Waals surface area contributed by atoms with Crippen LogP contribution in [0, 0.1) is 0 Å². The number of carbonyl (C=O) groups excluding carboxylic acids is 5. The van der Waals surface area contributed by atoms with E-state index in [4.69, 9.17) is 21.3 Å². The number of nitrogens with one attached hydrogen (secondary N) is 3. The summed E-state index contributed by atoms with van der Waals surface area (Å²) < 4.78 is 6.96. The van der Waals surface area contributed by atoms with Crippen LogP contribution in [0.1, 0.15) is 33.6 Å². The van der Waals surface area contributed by atoms with Crippen molar-refractivity contribution in [2.45, 2.75) is 24.9 Å². The molecule has 3 saturated heterocycles. The number of piperidine rings is 1. The van der Waals surface area contributed by atoms with Crippen molar-refractivity contribution in [3.05, 3.63) is 75.2 Å². The highest BCUT2D eigenvalue weighted by Gasteiger charge is 2.45. The number of fused-ring (bicyclic) bond motifs is 3. The number of likely N-dealkylation sites (N-methyl/N-ethyl adjacent to an activating group) is 1. The Bertz CT molecular complexity index is 2350. The fourth-order valence-corrected chi connectivity index (χ4v) is 7.75. The number of ether oxygens (including phenoxy) is 1. The first-order valence-electron chi connectivity index (χ1n) is 17.9. The molecule has 0 aliphatic carbocycles. The molecule has 2 aromatic carbocycles. The van der Waals surface area contributed by atoms with Gasteiger partial charge in [0.05, 0.1) is 22.8 Å². The van der Waals surface area contributed by atoms with Crippen LogP contribution in [0.15, 0.2) is 53.5 Å². The second-order valence-electron chi connectivity index (χ2n) is 13.9. The number of carbonyl (C=O) groups is 5. The summed E-state index contributed by atoms with van der Waals surface area (Å²) in [6.07, 6.45) is 1.72. The molecular weight excluding hydrogens is 732 g/mol. The number of aromatic nitrogens is 3. The van der Waals surface area contributed by atoms with Crippen LogP contribution in [-0.4, -0.2) is 119 Å². The van der Waals surface area contributed by atoms with Crippen molar-refractivity contribution < 1.29 is 28.7 Å². The minimum Gasteiger partial charge on any atom is -0.478 e. The third kappa shape index (κ3) is 6.69. The molecule has 5 amide bonds. The van der Waals surface area contributed by atoms with Crippen LogP contribution in [0.3, 0.4) is 0 Å². The fraction of sp³-hybridized carbons (Fsp3) is 0.351. The molecule has 8 rings (SSSR count). The maximum Gasteiger partial charge on any atom is 0.293 e. The molecule has 3 fully saturated rings. The molecule has 2 aromatic heterocycles. The van der Waals surface area contributed by atoms with Crippen LogP contribution in [0.2, 0.25) is 5.02 Å². The number of hydrogen-bond donors (Lipinski definition) is 3. The van der Waals surface area contributed by atoms with Crippen LogP contribution in [0.25, 0.3) is 10.9 Å². The molecule has 2 atom stereocenters. The van der Waals surface area contributed by atoms with E-state index in [1.165, 1.54) is 11.6 Å². The maximum absolute atomic E-state index is 13.5. The third-order valence-electron chi connectivity index (χ3n) is 10.6. The SMILES string of the molecule is CNC(=O)COc1cc2cc(Nc3nc(N4CCN5CCN(c6ccc7c(c6)C(=O)N(C6CCC(=O)NC6=O)C7=O)CC5C4)ncc3Cl)ccc2n(C)c1=O. The summed E-state index contributed by atoms with van der Waals surface area (Å²) in [5.74, 6) is -1.51. The Morgan fingerprint density at radius 1 is 0.964 bits per heavy atom. The molecule has 4 aliphatic heterocycles. The van der Waals surface area contributed by atoms with E-state index in [2.05, 4.69) is 35.6 Å². The predicted molar refractivity (Wildman–Crippen MR) is 202 cm³/mol. The van der Waals surface area contributed by atoms with Crippen molar-refractivity contribution in [3.63, 3.8) is 0 Å². The zero-order valence-electron chi connectivity index (χ0n) is 30.0. The number of imide groups is 2. The Balaban J connectivity index is 0.965. The highest BCUT2D eigenvalue weighted by atomic mass is 35.5. The van der Waals surface area contributed by atoms with Crippen molar-refractivity contribution in [2.24, 2.45) is 7.05 Å². The van der Waals surface area contributed by atoms with Crippen molar-refractivity contribution >= 4 is 75.2 Å². The Labute approximate surface area is 319 Å². The fourth-order valence-electron chi connectivity index (χ4n) is 7.61. The largest absolute Gasteiger partial charge is 0.478 e. The van der Waals surface area contributed by atoms with E-state index in [9.17, 15) is 28.8 Å². The van der Waals surface area contributed by atoms with Gasteiger partial charge in [0.15, 0.2) is 18.2 Å². The van der Waals surface area contributed by atoms with Gasteiger partial charge >= 0.3 is 0 Å². The minimum atomic E-state index is -1.02. The molecule has 2 unspecified atom stereocenters. The van der Waals surface area contributed by atoms with Crippen molar-refractivity contribution in [2.75, 3.05) is 68.0 Å². The molecule has 4 aliphatic rings. The molecule has 17 nitrogen and oxygen atoms in total. The number of nitrogens with zero attached hydrogens (tertiary/aromatic N) is 7. The first-order valence-corrected chi connectivity index (χ1v) is 18.2. The summed E-state index contributed by atoms with van der Waals surface area (Å²) in [7, 11) is 3.13. The van der Waals surface area contributed by atoms with Gasteiger partial charge in [-0.3, -0.25) is 43.9 Å². The van der Waals surface area contributed by atoms with Gasteiger partial charge in [0.2, 0.25) is 17.8 Å². The Hall–Kier alpha value is -6.07. The van der Waals surface area contributed by atoms with Gasteiger partial charge in [-0.15, -0.1) is 0 Å². The lowest BCUT2D eigenvalue weighted by Crippen LogP contribution is -2.62. The van der Waals surface area contributed by atoms with Gasteiger partial charge in [-0.1, -0.05) is 11.6 Å². The smallest absolute Gasteiger partial charge is 0.293 e. The Morgan fingerprint density at radius 3 is 2.51 bits per heavy atom. The van der Waals surface area contributed by atoms with Crippen LogP contribution in [0.5, 0.6) is 5.75 Å². The standard InChI is InChI=1S/C37H37ClN10O7/c1-39-31(50)19-55-29-14-20-13-21(3-6-27(20)44(2)36(29)54)41-32-26(38)16-40-37(43-32)47-12-10-45-9-11-46(17-23(45)18-47)22-4-5-24-25(15-22)35(53)48(34(24)52)28-7-8-30(49)42-33(28)51/h3-6,13-16,23,28H,7-12,17-19H2,1-2H3,(H,39,50)(H,40,41,43)(H,42,49,51). The molecule has 0 saturated carbocycles. The lowest BCUT2D eigenvalue weighted by atomic mass is 10.0. The first-order chi connectivity index (χ1) is 26.5. The number of hydrogen-bond acceptors (Lipinski definition) is 13. The van der Waals surface area contributed by atoms with E-state index in [0.29, 0.717) is 53.0 Å². The van der Waals surface area contributed by atoms with Gasteiger partial charge in [0.1, 0.15) is 11.1 Å². The molecule has 18 heteroatoms. The van der Waals surface area contributed by atoms with Crippen LogP contribution in [0.4, 0.5) is 23.1 Å². The van der Waals surface area contributed by atoms with Crippen molar-refractivity contribution in [3.8, 4) is 5.75 Å². The van der Waals surface area contributed by atoms with Gasteiger partial charge in [-0.2, -0.15) is 4.98 Å². The molecular formula is C37H37ClN10O7. The second kappa shape index (κ2) is 14.3. The highest BCUT2D eigenvalue weighted by molar-refractivity contribution is 6.33. The maximum atomic E-state index is 13.5. The van der Waals surface area contributed by atoms with Crippen LogP contribution < -0.4 is 36.0 Å². The highest BCUT2D eigenvalue weighted by Crippen LogP contribution is 2.33. The summed E-state index contributed by atoms with van der Waals surface area (Å²) in [6.45, 7) is 4.01. The molecule has 55 heavy (non-hydrogen) atoms. The van der Waals surface area contributed by atoms with Crippen LogP contribution >= 0.6 is 11.6 Å². The number of halogens is 1. The summed E-state index contributed by atoms with van der Waals surface area (Å²) in [5.41, 5.74) is 2.27. The van der Waals surface area contributed by atoms with Gasteiger partial charge in [-0.05, 0) is 48.9 Å². The Morgan fingerprint density at radius 2 is 1.73 bits per heavy atom. The molecule has 0 radical (unpaired) electrons. The van der Waals surface area contributed by atoms with Gasteiger partial charge in [0, 0.05) is 82.6 Å². The van der Waals surface area contributed by atoms with E-state index in [1.54, 1.807) is 37.5 Å². The predicted octanol–water partition coefficient (Wildman–Crippen LogP) is 1.26.